The number of methoxy groups -OCH3 is 4. The Labute approximate surface area is 231 Å². The van der Waals surface area contributed by atoms with Crippen LogP contribution in [0.5, 0.6) is 23.0 Å². The maximum atomic E-state index is 5.96. The molecule has 0 amide bonds. The standard InChI is InChI=1S/C32H30BrNO4/c1-35-24-11-5-21(6-12-24)17-18-34-20-28(22-7-13-25(36-2)14-8-22)27-19-29(33)32(38-4)30(31(27)34)23-9-15-26(37-3)16-10-23/h5-16,19-20H,17-18H2,1-4H3. The average molecular weight is 572 g/mol. The first-order chi connectivity index (χ1) is 18.6. The molecule has 0 saturated heterocycles. The number of fused-ring (bicyclic) bond motifs is 1. The third-order valence-electron chi connectivity index (χ3n) is 6.85. The lowest BCUT2D eigenvalue weighted by Crippen LogP contribution is -2.02. The smallest absolute Gasteiger partial charge is 0.143 e. The third-order valence-corrected chi connectivity index (χ3v) is 7.44. The van der Waals surface area contributed by atoms with Crippen LogP contribution in [-0.4, -0.2) is 33.0 Å². The Balaban J connectivity index is 1.70. The van der Waals surface area contributed by atoms with Crippen LogP contribution < -0.4 is 18.9 Å². The molecule has 6 heteroatoms. The Bertz CT molecular complexity index is 1540. The first-order valence-corrected chi connectivity index (χ1v) is 13.2. The van der Waals surface area contributed by atoms with E-state index in [1.165, 1.54) is 5.56 Å². The van der Waals surface area contributed by atoms with Crippen molar-refractivity contribution in [2.45, 2.75) is 13.0 Å². The van der Waals surface area contributed by atoms with Crippen molar-refractivity contribution in [3.05, 3.63) is 95.1 Å². The minimum atomic E-state index is 0.799. The van der Waals surface area contributed by atoms with Gasteiger partial charge in [-0.25, -0.2) is 0 Å². The van der Waals surface area contributed by atoms with Crippen LogP contribution >= 0.6 is 15.9 Å². The molecule has 0 spiro atoms. The fourth-order valence-corrected chi connectivity index (χ4v) is 5.45. The van der Waals surface area contributed by atoms with Gasteiger partial charge in [-0.15, -0.1) is 0 Å². The lowest BCUT2D eigenvalue weighted by Gasteiger charge is -2.16. The fourth-order valence-electron chi connectivity index (χ4n) is 4.86. The van der Waals surface area contributed by atoms with Gasteiger partial charge in [0.05, 0.1) is 38.4 Å². The van der Waals surface area contributed by atoms with E-state index in [2.05, 4.69) is 69.2 Å². The minimum Gasteiger partial charge on any atom is -0.497 e. The van der Waals surface area contributed by atoms with Crippen LogP contribution in [0.2, 0.25) is 0 Å². The average Bonchev–Trinajstić information content (AvgIpc) is 3.33. The van der Waals surface area contributed by atoms with E-state index < -0.39 is 0 Å². The van der Waals surface area contributed by atoms with Crippen molar-refractivity contribution in [1.29, 1.82) is 0 Å². The van der Waals surface area contributed by atoms with Crippen molar-refractivity contribution in [3.8, 4) is 45.3 Å². The summed E-state index contributed by atoms with van der Waals surface area (Å²) in [4.78, 5) is 0. The molecule has 1 heterocycles. The van der Waals surface area contributed by atoms with Crippen LogP contribution in [0.4, 0.5) is 0 Å². The van der Waals surface area contributed by atoms with Crippen LogP contribution in [0.1, 0.15) is 5.56 Å². The number of hydrogen-bond donors (Lipinski definition) is 0. The highest BCUT2D eigenvalue weighted by molar-refractivity contribution is 9.10. The molecule has 5 aromatic rings. The van der Waals surface area contributed by atoms with Crippen LogP contribution in [0, 0.1) is 0 Å². The molecule has 0 unspecified atom stereocenters. The van der Waals surface area contributed by atoms with E-state index in [-0.39, 0.29) is 0 Å². The van der Waals surface area contributed by atoms with E-state index in [0.29, 0.717) is 0 Å². The molecule has 0 radical (unpaired) electrons. The van der Waals surface area contributed by atoms with E-state index in [0.717, 1.165) is 73.6 Å². The van der Waals surface area contributed by atoms with Crippen LogP contribution in [0.15, 0.2) is 89.5 Å². The van der Waals surface area contributed by atoms with Crippen molar-refractivity contribution < 1.29 is 18.9 Å². The zero-order valence-corrected chi connectivity index (χ0v) is 23.5. The topological polar surface area (TPSA) is 41.9 Å². The van der Waals surface area contributed by atoms with Gasteiger partial charge >= 0.3 is 0 Å². The predicted molar refractivity (Wildman–Crippen MR) is 157 cm³/mol. The van der Waals surface area contributed by atoms with Gasteiger partial charge in [0.25, 0.3) is 0 Å². The number of hydrogen-bond acceptors (Lipinski definition) is 4. The summed E-state index contributed by atoms with van der Waals surface area (Å²) >= 11 is 3.79. The van der Waals surface area contributed by atoms with Gasteiger partial charge in [-0.3, -0.25) is 0 Å². The fraction of sp³-hybridized carbons (Fsp3) is 0.188. The zero-order valence-electron chi connectivity index (χ0n) is 22.0. The number of ether oxygens (including phenoxy) is 4. The maximum Gasteiger partial charge on any atom is 0.143 e. The molecule has 0 N–H and O–H groups in total. The Morgan fingerprint density at radius 3 is 1.71 bits per heavy atom. The summed E-state index contributed by atoms with van der Waals surface area (Å²) in [6.45, 7) is 0.799. The molecule has 38 heavy (non-hydrogen) atoms. The summed E-state index contributed by atoms with van der Waals surface area (Å²) in [7, 11) is 6.77. The maximum absolute atomic E-state index is 5.96. The molecule has 4 aromatic carbocycles. The van der Waals surface area contributed by atoms with E-state index in [4.69, 9.17) is 18.9 Å². The highest BCUT2D eigenvalue weighted by Crippen LogP contribution is 2.46. The number of aromatic nitrogens is 1. The van der Waals surface area contributed by atoms with Gasteiger partial charge in [0.15, 0.2) is 0 Å². The molecular weight excluding hydrogens is 542 g/mol. The largest absolute Gasteiger partial charge is 0.497 e. The van der Waals surface area contributed by atoms with Gasteiger partial charge in [-0.1, -0.05) is 36.4 Å². The molecule has 0 aliphatic carbocycles. The molecule has 0 bridgehead atoms. The molecule has 5 rings (SSSR count). The molecule has 0 atom stereocenters. The molecule has 0 aliphatic heterocycles. The number of nitrogens with zero attached hydrogens (tertiary/aromatic N) is 1. The van der Waals surface area contributed by atoms with Gasteiger partial charge < -0.3 is 23.5 Å². The third kappa shape index (κ3) is 4.96. The second-order valence-electron chi connectivity index (χ2n) is 8.95. The summed E-state index contributed by atoms with van der Waals surface area (Å²) in [6.07, 6.45) is 3.12. The van der Waals surface area contributed by atoms with Gasteiger partial charge in [0.2, 0.25) is 0 Å². The van der Waals surface area contributed by atoms with E-state index in [1.807, 2.05) is 36.4 Å². The molecule has 0 aliphatic rings. The second-order valence-corrected chi connectivity index (χ2v) is 9.81. The highest BCUT2D eigenvalue weighted by atomic mass is 79.9. The van der Waals surface area contributed by atoms with Gasteiger partial charge in [0.1, 0.15) is 23.0 Å². The molecule has 1 aromatic heterocycles. The summed E-state index contributed by atoms with van der Waals surface area (Å²) in [5, 5.41) is 1.14. The lowest BCUT2D eigenvalue weighted by molar-refractivity contribution is 0.413. The van der Waals surface area contributed by atoms with E-state index in [9.17, 15) is 0 Å². The molecule has 0 fully saturated rings. The molecule has 0 saturated carbocycles. The number of halogens is 1. The number of aryl methyl sites for hydroxylation is 2. The Hall–Kier alpha value is -3.90. The molecule has 5 nitrogen and oxygen atoms in total. The monoisotopic (exact) mass is 571 g/mol. The lowest BCUT2D eigenvalue weighted by atomic mass is 9.98. The summed E-state index contributed by atoms with van der Waals surface area (Å²) in [6, 6.07) is 26.7. The van der Waals surface area contributed by atoms with Crippen LogP contribution in [0.3, 0.4) is 0 Å². The predicted octanol–water partition coefficient (Wildman–Crippen LogP) is 8.01. The van der Waals surface area contributed by atoms with Crippen molar-refractivity contribution in [3.63, 3.8) is 0 Å². The quantitative estimate of drug-likeness (QED) is 0.179. The Kier molecular flexibility index (Phi) is 7.61. The zero-order chi connectivity index (χ0) is 26.6. The minimum absolute atomic E-state index is 0.799. The van der Waals surface area contributed by atoms with Crippen molar-refractivity contribution >= 4 is 26.8 Å². The van der Waals surface area contributed by atoms with Crippen LogP contribution in [-0.2, 0) is 13.0 Å². The SMILES string of the molecule is COc1ccc(CCn2cc(-c3ccc(OC)cc3)c3cc(Br)c(OC)c(-c4ccc(OC)cc4)c32)cc1. The summed E-state index contributed by atoms with van der Waals surface area (Å²) in [5.74, 6) is 3.30. The van der Waals surface area contributed by atoms with Crippen molar-refractivity contribution in [2.75, 3.05) is 28.4 Å². The first kappa shape index (κ1) is 25.7. The molecular formula is C32H30BrNO4. The second kappa shape index (κ2) is 11.2. The Morgan fingerprint density at radius 2 is 1.18 bits per heavy atom. The normalized spacial score (nSPS) is 11.0. The summed E-state index contributed by atoms with van der Waals surface area (Å²) < 4.78 is 25.4. The van der Waals surface area contributed by atoms with Crippen molar-refractivity contribution in [2.24, 2.45) is 0 Å². The molecule has 194 valence electrons. The van der Waals surface area contributed by atoms with Gasteiger partial charge in [-0.2, -0.15) is 0 Å². The van der Waals surface area contributed by atoms with Crippen LogP contribution in [0.25, 0.3) is 33.2 Å². The summed E-state index contributed by atoms with van der Waals surface area (Å²) in [5.41, 5.74) is 6.73. The highest BCUT2D eigenvalue weighted by Gasteiger charge is 2.22. The van der Waals surface area contributed by atoms with E-state index >= 15 is 0 Å². The Morgan fingerprint density at radius 1 is 0.658 bits per heavy atom. The van der Waals surface area contributed by atoms with Gasteiger partial charge in [0, 0.05) is 29.3 Å². The van der Waals surface area contributed by atoms with Crippen molar-refractivity contribution in [1.82, 2.24) is 4.57 Å². The number of rotatable bonds is 9. The van der Waals surface area contributed by atoms with Gasteiger partial charge in [-0.05, 0) is 81.5 Å². The van der Waals surface area contributed by atoms with E-state index in [1.54, 1.807) is 28.4 Å². The first-order valence-electron chi connectivity index (χ1n) is 12.4. The number of benzene rings is 4.